The molecule has 1 aromatic carbocycles. The van der Waals surface area contributed by atoms with Gasteiger partial charge in [0.1, 0.15) is 18.0 Å². The second-order valence-electron chi connectivity index (χ2n) is 11.5. The molecule has 0 aliphatic heterocycles. The van der Waals surface area contributed by atoms with Gasteiger partial charge < -0.3 is 14.7 Å². The van der Waals surface area contributed by atoms with Crippen molar-refractivity contribution in [1.82, 2.24) is 4.90 Å². The van der Waals surface area contributed by atoms with Crippen molar-refractivity contribution in [2.24, 2.45) is 17.3 Å². The standard InChI is InChI=1S/C31H39NO3/c1-5-14-31(34)16-13-28-25-11-8-22-19-29(33)27(20-26(22)24(25)12-15-30(28,31)2)21-6-9-23(10-7-21)35-18-17-32(3)4/h6-7,9-10,19,25,27-28,34H,8,11-13,15-18,20H2,1-4H3/t25-,27?,28+,30+,31+/m1/s1. The highest BCUT2D eigenvalue weighted by molar-refractivity contribution is 5.98. The van der Waals surface area contributed by atoms with Crippen LogP contribution in [0.4, 0.5) is 0 Å². The number of ether oxygens (including phenoxy) is 1. The summed E-state index contributed by atoms with van der Waals surface area (Å²) in [5, 5.41) is 11.4. The molecule has 2 fully saturated rings. The molecule has 5 rings (SSSR count). The Morgan fingerprint density at radius 3 is 2.63 bits per heavy atom. The maximum atomic E-state index is 13.1. The molecule has 0 heterocycles. The Hall–Kier alpha value is -2.35. The van der Waals surface area contributed by atoms with E-state index in [-0.39, 0.29) is 17.1 Å². The van der Waals surface area contributed by atoms with Crippen molar-refractivity contribution in [2.75, 3.05) is 27.2 Å². The van der Waals surface area contributed by atoms with Gasteiger partial charge in [-0.15, -0.1) is 5.92 Å². The van der Waals surface area contributed by atoms with Crippen LogP contribution in [0.25, 0.3) is 0 Å². The van der Waals surface area contributed by atoms with Crippen molar-refractivity contribution >= 4 is 5.78 Å². The lowest BCUT2D eigenvalue weighted by molar-refractivity contribution is -0.116. The number of hydrogen-bond acceptors (Lipinski definition) is 4. The fourth-order valence-corrected chi connectivity index (χ4v) is 7.39. The molecule has 4 heteroatoms. The first-order chi connectivity index (χ1) is 16.8. The molecule has 1 unspecified atom stereocenters. The van der Waals surface area contributed by atoms with E-state index in [0.29, 0.717) is 18.4 Å². The first-order valence-corrected chi connectivity index (χ1v) is 13.3. The molecule has 0 radical (unpaired) electrons. The van der Waals surface area contributed by atoms with E-state index in [4.69, 9.17) is 4.74 Å². The highest BCUT2D eigenvalue weighted by atomic mass is 16.5. The summed E-state index contributed by atoms with van der Waals surface area (Å²) in [5.41, 5.74) is 4.36. The molecule has 0 saturated heterocycles. The summed E-state index contributed by atoms with van der Waals surface area (Å²) in [5.74, 6) is 8.15. The summed E-state index contributed by atoms with van der Waals surface area (Å²) in [6, 6.07) is 8.13. The van der Waals surface area contributed by atoms with Crippen molar-refractivity contribution in [3.8, 4) is 17.6 Å². The number of carbonyl (C=O) groups is 1. The van der Waals surface area contributed by atoms with E-state index in [2.05, 4.69) is 35.8 Å². The minimum atomic E-state index is -0.861. The van der Waals surface area contributed by atoms with Crippen LogP contribution in [0, 0.1) is 29.1 Å². The van der Waals surface area contributed by atoms with Crippen molar-refractivity contribution in [3.05, 3.63) is 52.6 Å². The molecule has 186 valence electrons. The topological polar surface area (TPSA) is 49.8 Å². The molecular formula is C31H39NO3. The third-order valence-electron chi connectivity index (χ3n) is 9.42. The molecule has 1 N–H and O–H groups in total. The summed E-state index contributed by atoms with van der Waals surface area (Å²) in [4.78, 5) is 15.2. The van der Waals surface area contributed by atoms with Gasteiger partial charge in [-0.25, -0.2) is 0 Å². The fourth-order valence-electron chi connectivity index (χ4n) is 7.39. The van der Waals surface area contributed by atoms with Crippen molar-refractivity contribution in [3.63, 3.8) is 0 Å². The molecule has 0 spiro atoms. The van der Waals surface area contributed by atoms with Gasteiger partial charge in [0.15, 0.2) is 5.78 Å². The summed E-state index contributed by atoms with van der Waals surface area (Å²) < 4.78 is 5.85. The van der Waals surface area contributed by atoms with Gasteiger partial charge in [-0.1, -0.05) is 30.6 Å². The number of nitrogens with zero attached hydrogens (tertiary/aromatic N) is 1. The molecule has 0 bridgehead atoms. The maximum absolute atomic E-state index is 13.1. The van der Waals surface area contributed by atoms with Gasteiger partial charge in [0, 0.05) is 12.0 Å². The predicted octanol–water partition coefficient (Wildman–Crippen LogP) is 5.28. The quantitative estimate of drug-likeness (QED) is 0.591. The molecule has 35 heavy (non-hydrogen) atoms. The zero-order chi connectivity index (χ0) is 24.8. The van der Waals surface area contributed by atoms with Gasteiger partial charge in [0.25, 0.3) is 0 Å². The van der Waals surface area contributed by atoms with Gasteiger partial charge in [-0.2, -0.15) is 0 Å². The van der Waals surface area contributed by atoms with Gasteiger partial charge >= 0.3 is 0 Å². The lowest BCUT2D eigenvalue weighted by Gasteiger charge is -2.50. The van der Waals surface area contributed by atoms with Gasteiger partial charge in [0.2, 0.25) is 0 Å². The number of ketones is 1. The van der Waals surface area contributed by atoms with E-state index >= 15 is 0 Å². The Labute approximate surface area is 210 Å². The molecular weight excluding hydrogens is 434 g/mol. The van der Waals surface area contributed by atoms with E-state index < -0.39 is 5.60 Å². The van der Waals surface area contributed by atoms with Crippen LogP contribution in [-0.2, 0) is 4.79 Å². The molecule has 0 aromatic heterocycles. The van der Waals surface area contributed by atoms with Crippen LogP contribution in [0.5, 0.6) is 5.75 Å². The number of fused-ring (bicyclic) bond motifs is 4. The number of aliphatic hydroxyl groups is 1. The SMILES string of the molecule is CC#C[C@]1(O)CC[C@H]2[C@@H]3CCC4=CC(=O)C(c5ccc(OCCN(C)C)cc5)CC4=C3CC[C@@]21C. The van der Waals surface area contributed by atoms with Crippen LogP contribution in [0.15, 0.2) is 47.1 Å². The average Bonchev–Trinajstić information content (AvgIpc) is 3.09. The maximum Gasteiger partial charge on any atom is 0.163 e. The van der Waals surface area contributed by atoms with Crippen LogP contribution < -0.4 is 4.74 Å². The van der Waals surface area contributed by atoms with E-state index in [1.54, 1.807) is 5.57 Å². The lowest BCUT2D eigenvalue weighted by Crippen LogP contribution is -2.49. The average molecular weight is 474 g/mol. The summed E-state index contributed by atoms with van der Waals surface area (Å²) in [6.07, 6.45) is 8.62. The van der Waals surface area contributed by atoms with Crippen LogP contribution in [0.3, 0.4) is 0 Å². The van der Waals surface area contributed by atoms with Crippen LogP contribution in [0.2, 0.25) is 0 Å². The fraction of sp³-hybridized carbons (Fsp3) is 0.581. The lowest BCUT2D eigenvalue weighted by atomic mass is 9.55. The first kappa shape index (κ1) is 24.3. The highest BCUT2D eigenvalue weighted by Crippen LogP contribution is 2.63. The van der Waals surface area contributed by atoms with Gasteiger partial charge in [-0.3, -0.25) is 4.79 Å². The second-order valence-corrected chi connectivity index (χ2v) is 11.5. The van der Waals surface area contributed by atoms with Crippen LogP contribution in [-0.4, -0.2) is 48.6 Å². The normalized spacial score (nSPS) is 33.9. The van der Waals surface area contributed by atoms with E-state index in [9.17, 15) is 9.90 Å². The molecule has 0 amide bonds. The van der Waals surface area contributed by atoms with Crippen LogP contribution >= 0.6 is 0 Å². The number of benzene rings is 1. The zero-order valence-corrected chi connectivity index (χ0v) is 21.7. The predicted molar refractivity (Wildman–Crippen MR) is 139 cm³/mol. The smallest absolute Gasteiger partial charge is 0.163 e. The van der Waals surface area contributed by atoms with Crippen molar-refractivity contribution in [2.45, 2.75) is 70.3 Å². The van der Waals surface area contributed by atoms with Gasteiger partial charge in [0.05, 0.1) is 5.92 Å². The number of rotatable bonds is 5. The third-order valence-corrected chi connectivity index (χ3v) is 9.42. The third kappa shape index (κ3) is 4.17. The first-order valence-electron chi connectivity index (χ1n) is 13.3. The molecule has 4 aliphatic carbocycles. The Balaban J connectivity index is 1.38. The largest absolute Gasteiger partial charge is 0.492 e. The zero-order valence-electron chi connectivity index (χ0n) is 21.7. The van der Waals surface area contributed by atoms with Gasteiger partial charge in [-0.05, 0) is 113 Å². The Kier molecular flexibility index (Phi) is 6.45. The van der Waals surface area contributed by atoms with Crippen molar-refractivity contribution in [1.29, 1.82) is 0 Å². The van der Waals surface area contributed by atoms with Crippen LogP contribution in [0.1, 0.15) is 70.3 Å². The number of carbonyl (C=O) groups excluding carboxylic acids is 1. The van der Waals surface area contributed by atoms with E-state index in [0.717, 1.165) is 62.8 Å². The van der Waals surface area contributed by atoms with Crippen molar-refractivity contribution < 1.29 is 14.6 Å². The Bertz CT molecular complexity index is 1120. The minimum Gasteiger partial charge on any atom is -0.492 e. The second kappa shape index (κ2) is 9.26. The minimum absolute atomic E-state index is 0.115. The van der Waals surface area contributed by atoms with E-state index in [1.165, 1.54) is 11.1 Å². The summed E-state index contributed by atoms with van der Waals surface area (Å²) >= 11 is 0. The Morgan fingerprint density at radius 1 is 1.14 bits per heavy atom. The Morgan fingerprint density at radius 2 is 1.91 bits per heavy atom. The molecule has 1 aromatic rings. The summed E-state index contributed by atoms with van der Waals surface area (Å²) in [7, 11) is 4.07. The molecule has 2 saturated carbocycles. The summed E-state index contributed by atoms with van der Waals surface area (Å²) in [6.45, 7) is 5.63. The number of allylic oxidation sites excluding steroid dienone is 4. The number of hydrogen-bond donors (Lipinski definition) is 1. The highest BCUT2D eigenvalue weighted by Gasteiger charge is 2.60. The van der Waals surface area contributed by atoms with E-state index in [1.807, 2.05) is 39.2 Å². The molecule has 4 aliphatic rings. The monoisotopic (exact) mass is 473 g/mol. The molecule has 5 atom stereocenters. The molecule has 4 nitrogen and oxygen atoms in total. The number of likely N-dealkylation sites (N-methyl/N-ethyl adjacent to an activating group) is 1.